The monoisotopic (exact) mass is 326 g/mol. The molecule has 0 atom stereocenters. The minimum Gasteiger partial charge on any atom is -0.341 e. The van der Waals surface area contributed by atoms with Crippen LogP contribution in [-0.2, 0) is 11.3 Å². The summed E-state index contributed by atoms with van der Waals surface area (Å²) in [5.41, 5.74) is 1.48. The second-order valence-corrected chi connectivity index (χ2v) is 6.68. The van der Waals surface area contributed by atoms with E-state index in [1.165, 1.54) is 11.3 Å². The molecule has 0 fully saturated rings. The molecule has 1 amide bonds. The molecule has 0 bridgehead atoms. The molecule has 5 heteroatoms. The Labute approximate surface area is 140 Å². The number of thiophene rings is 1. The number of amides is 1. The van der Waals surface area contributed by atoms with E-state index in [-0.39, 0.29) is 24.5 Å². The average Bonchev–Trinajstić information content (AvgIpc) is 2.99. The fraction of sp³-hybridized carbons (Fsp3) is 0.278. The molecule has 118 valence electrons. The zero-order valence-electron chi connectivity index (χ0n) is 13.2. The van der Waals surface area contributed by atoms with Crippen molar-refractivity contribution in [1.29, 1.82) is 5.26 Å². The highest BCUT2D eigenvalue weighted by Crippen LogP contribution is 2.18. The van der Waals surface area contributed by atoms with Crippen molar-refractivity contribution in [3.05, 3.63) is 57.3 Å². The van der Waals surface area contributed by atoms with Crippen LogP contribution < -0.4 is 0 Å². The van der Waals surface area contributed by atoms with Crippen LogP contribution in [0.4, 0.5) is 0 Å². The first kappa shape index (κ1) is 16.9. The van der Waals surface area contributed by atoms with E-state index in [0.29, 0.717) is 17.0 Å². The van der Waals surface area contributed by atoms with Gasteiger partial charge in [0.25, 0.3) is 0 Å². The molecule has 0 saturated heterocycles. The Morgan fingerprint density at radius 3 is 2.65 bits per heavy atom. The van der Waals surface area contributed by atoms with E-state index < -0.39 is 0 Å². The SMILES string of the molecule is Cc1ccc(C(=O)CCC(=O)N(C)Cc2cccc(C#N)c2)s1. The van der Waals surface area contributed by atoms with Gasteiger partial charge in [-0.05, 0) is 36.8 Å². The van der Waals surface area contributed by atoms with Crippen molar-refractivity contribution in [3.8, 4) is 6.07 Å². The minimum atomic E-state index is -0.0750. The van der Waals surface area contributed by atoms with Crippen molar-refractivity contribution in [2.75, 3.05) is 7.05 Å². The quantitative estimate of drug-likeness (QED) is 0.763. The number of benzene rings is 1. The maximum absolute atomic E-state index is 12.2. The lowest BCUT2D eigenvalue weighted by Gasteiger charge is -2.17. The summed E-state index contributed by atoms with van der Waals surface area (Å²) in [5.74, 6) is -0.0645. The molecule has 0 aliphatic heterocycles. The number of hydrogen-bond donors (Lipinski definition) is 0. The molecule has 23 heavy (non-hydrogen) atoms. The largest absolute Gasteiger partial charge is 0.341 e. The zero-order chi connectivity index (χ0) is 16.8. The number of nitriles is 1. The van der Waals surface area contributed by atoms with E-state index in [4.69, 9.17) is 5.26 Å². The Balaban J connectivity index is 1.87. The maximum atomic E-state index is 12.2. The molecule has 0 radical (unpaired) electrons. The first-order valence-electron chi connectivity index (χ1n) is 7.32. The number of rotatable bonds is 6. The van der Waals surface area contributed by atoms with Crippen molar-refractivity contribution >= 4 is 23.0 Å². The summed E-state index contributed by atoms with van der Waals surface area (Å²) in [6.07, 6.45) is 0.422. The van der Waals surface area contributed by atoms with Gasteiger partial charge < -0.3 is 4.90 Å². The van der Waals surface area contributed by atoms with Crippen molar-refractivity contribution in [2.24, 2.45) is 0 Å². The highest BCUT2D eigenvalue weighted by molar-refractivity contribution is 7.14. The smallest absolute Gasteiger partial charge is 0.223 e. The predicted octanol–water partition coefficient (Wildman–Crippen LogP) is 3.55. The van der Waals surface area contributed by atoms with E-state index in [1.807, 2.05) is 25.1 Å². The third kappa shape index (κ3) is 4.76. The lowest BCUT2D eigenvalue weighted by Crippen LogP contribution is -2.26. The van der Waals surface area contributed by atoms with E-state index in [9.17, 15) is 9.59 Å². The molecule has 0 aliphatic rings. The third-order valence-corrected chi connectivity index (χ3v) is 4.52. The molecule has 0 saturated carbocycles. The molecule has 1 aromatic carbocycles. The van der Waals surface area contributed by atoms with Crippen molar-refractivity contribution in [1.82, 2.24) is 4.90 Å². The highest BCUT2D eigenvalue weighted by Gasteiger charge is 2.14. The predicted molar refractivity (Wildman–Crippen MR) is 90.3 cm³/mol. The Bertz CT molecular complexity index is 758. The number of hydrogen-bond acceptors (Lipinski definition) is 4. The molecule has 2 aromatic rings. The van der Waals surface area contributed by atoms with Gasteiger partial charge in [0.05, 0.1) is 16.5 Å². The van der Waals surface area contributed by atoms with Gasteiger partial charge in [0.1, 0.15) is 0 Å². The van der Waals surface area contributed by atoms with Crippen LogP contribution in [0.1, 0.15) is 38.5 Å². The first-order valence-corrected chi connectivity index (χ1v) is 8.14. The zero-order valence-corrected chi connectivity index (χ0v) is 14.0. The molecule has 0 unspecified atom stereocenters. The van der Waals surface area contributed by atoms with Crippen LogP contribution in [0.25, 0.3) is 0 Å². The summed E-state index contributed by atoms with van der Waals surface area (Å²) in [6, 6.07) is 13.0. The molecule has 4 nitrogen and oxygen atoms in total. The molecule has 0 N–H and O–H groups in total. The second kappa shape index (κ2) is 7.70. The summed E-state index contributed by atoms with van der Waals surface area (Å²) in [4.78, 5) is 27.6. The normalized spacial score (nSPS) is 10.1. The summed E-state index contributed by atoms with van der Waals surface area (Å²) in [5, 5.41) is 8.89. The fourth-order valence-electron chi connectivity index (χ4n) is 2.22. The van der Waals surface area contributed by atoms with Gasteiger partial charge in [0, 0.05) is 31.3 Å². The molecule has 1 aromatic heterocycles. The van der Waals surface area contributed by atoms with Crippen molar-refractivity contribution in [3.63, 3.8) is 0 Å². The Hall–Kier alpha value is -2.45. The van der Waals surface area contributed by atoms with Crippen LogP contribution in [0.2, 0.25) is 0 Å². The highest BCUT2D eigenvalue weighted by atomic mass is 32.1. The van der Waals surface area contributed by atoms with Crippen molar-refractivity contribution in [2.45, 2.75) is 26.3 Å². The lowest BCUT2D eigenvalue weighted by atomic mass is 10.1. The van der Waals surface area contributed by atoms with Gasteiger partial charge in [-0.25, -0.2) is 0 Å². The third-order valence-electron chi connectivity index (χ3n) is 3.48. The molecule has 2 rings (SSSR count). The number of nitrogens with zero attached hydrogens (tertiary/aromatic N) is 2. The molecule has 0 spiro atoms. The van der Waals surface area contributed by atoms with E-state index >= 15 is 0 Å². The van der Waals surface area contributed by atoms with Gasteiger partial charge in [-0.2, -0.15) is 5.26 Å². The Kier molecular flexibility index (Phi) is 5.67. The van der Waals surface area contributed by atoms with Gasteiger partial charge in [-0.3, -0.25) is 9.59 Å². The average molecular weight is 326 g/mol. The lowest BCUT2D eigenvalue weighted by molar-refractivity contribution is -0.130. The van der Waals surface area contributed by atoms with E-state index in [0.717, 1.165) is 10.4 Å². The standard InChI is InChI=1S/C18H18N2O2S/c1-13-6-8-17(23-13)16(21)7-9-18(22)20(2)12-15-5-3-4-14(10-15)11-19/h3-6,8,10H,7,9,12H2,1-2H3. The summed E-state index contributed by atoms with van der Waals surface area (Å²) < 4.78 is 0. The second-order valence-electron chi connectivity index (χ2n) is 5.40. The van der Waals surface area contributed by atoms with E-state index in [1.54, 1.807) is 30.1 Å². The van der Waals surface area contributed by atoms with Crippen LogP contribution in [-0.4, -0.2) is 23.6 Å². The molecular formula is C18H18N2O2S. The Morgan fingerprint density at radius 2 is 2.00 bits per heavy atom. The van der Waals surface area contributed by atoms with E-state index in [2.05, 4.69) is 6.07 Å². The molecule has 1 heterocycles. The summed E-state index contributed by atoms with van der Waals surface area (Å²) >= 11 is 1.46. The number of carbonyl (C=O) groups excluding carboxylic acids is 2. The number of ketones is 1. The fourth-order valence-corrected chi connectivity index (χ4v) is 3.06. The Morgan fingerprint density at radius 1 is 1.22 bits per heavy atom. The first-order chi connectivity index (χ1) is 11.0. The van der Waals surface area contributed by atoms with Gasteiger partial charge >= 0.3 is 0 Å². The molecular weight excluding hydrogens is 308 g/mol. The van der Waals surface area contributed by atoms with Crippen LogP contribution in [0, 0.1) is 18.3 Å². The van der Waals surface area contributed by atoms with Crippen LogP contribution in [0.3, 0.4) is 0 Å². The van der Waals surface area contributed by atoms with Gasteiger partial charge in [-0.1, -0.05) is 12.1 Å². The number of aryl methyl sites for hydroxylation is 1. The molecule has 0 aliphatic carbocycles. The maximum Gasteiger partial charge on any atom is 0.223 e. The van der Waals surface area contributed by atoms with Crippen LogP contribution >= 0.6 is 11.3 Å². The number of carbonyl (C=O) groups is 2. The minimum absolute atomic E-state index is 0.0105. The van der Waals surface area contributed by atoms with Gasteiger partial charge in [-0.15, -0.1) is 11.3 Å². The summed E-state index contributed by atoms with van der Waals surface area (Å²) in [7, 11) is 1.71. The number of Topliss-reactive ketones (excluding diaryl/α,β-unsaturated/α-hetero) is 1. The van der Waals surface area contributed by atoms with Crippen molar-refractivity contribution < 1.29 is 9.59 Å². The topological polar surface area (TPSA) is 61.2 Å². The summed E-state index contributed by atoms with van der Waals surface area (Å²) in [6.45, 7) is 2.39. The van der Waals surface area contributed by atoms with Crippen LogP contribution in [0.5, 0.6) is 0 Å². The van der Waals surface area contributed by atoms with Gasteiger partial charge in [0.15, 0.2) is 5.78 Å². The van der Waals surface area contributed by atoms with Gasteiger partial charge in [0.2, 0.25) is 5.91 Å². The van der Waals surface area contributed by atoms with Crippen LogP contribution in [0.15, 0.2) is 36.4 Å².